The lowest BCUT2D eigenvalue weighted by Gasteiger charge is -2.36. The summed E-state index contributed by atoms with van der Waals surface area (Å²) in [6, 6.07) is 0.742. The van der Waals surface area contributed by atoms with Crippen molar-refractivity contribution in [2.24, 2.45) is 5.92 Å². The van der Waals surface area contributed by atoms with Gasteiger partial charge < -0.3 is 14.5 Å². The normalized spacial score (nSPS) is 29.3. The summed E-state index contributed by atoms with van der Waals surface area (Å²) in [6.45, 7) is 6.81. The van der Waals surface area contributed by atoms with Gasteiger partial charge in [-0.3, -0.25) is 4.79 Å². The summed E-state index contributed by atoms with van der Waals surface area (Å²) in [4.78, 5) is 16.8. The van der Waals surface area contributed by atoms with Gasteiger partial charge in [-0.25, -0.2) is 0 Å². The summed E-state index contributed by atoms with van der Waals surface area (Å²) in [6.07, 6.45) is 7.43. The third kappa shape index (κ3) is 4.45. The molecule has 0 radical (unpaired) electrons. The van der Waals surface area contributed by atoms with Crippen molar-refractivity contribution >= 4 is 5.97 Å². The molecular formula is C16H30N2O2. The molecule has 2 rings (SSSR count). The topological polar surface area (TPSA) is 32.8 Å². The molecule has 2 aliphatic heterocycles. The smallest absolute Gasteiger partial charge is 0.310 e. The molecule has 2 fully saturated rings. The minimum Gasteiger partial charge on any atom is -0.466 e. The maximum Gasteiger partial charge on any atom is 0.310 e. The molecule has 1 unspecified atom stereocenters. The van der Waals surface area contributed by atoms with Gasteiger partial charge in [-0.2, -0.15) is 0 Å². The Morgan fingerprint density at radius 3 is 2.80 bits per heavy atom. The van der Waals surface area contributed by atoms with Crippen LogP contribution in [0.2, 0.25) is 0 Å². The number of hydrogen-bond acceptors (Lipinski definition) is 4. The molecule has 2 aliphatic rings. The zero-order valence-electron chi connectivity index (χ0n) is 13.1. The van der Waals surface area contributed by atoms with Crippen LogP contribution in [0.15, 0.2) is 0 Å². The van der Waals surface area contributed by atoms with Gasteiger partial charge in [0.05, 0.1) is 12.5 Å². The highest BCUT2D eigenvalue weighted by atomic mass is 16.5. The first-order chi connectivity index (χ1) is 9.70. The maximum absolute atomic E-state index is 11.8. The fraction of sp³-hybridized carbons (Fsp3) is 0.938. The Labute approximate surface area is 123 Å². The predicted octanol–water partition coefficient (Wildman–Crippen LogP) is 2.14. The molecule has 0 aromatic carbocycles. The molecule has 0 saturated carbocycles. The molecule has 4 nitrogen and oxygen atoms in total. The standard InChI is InChI=1S/C16H30N2O2/c1-3-20-16(19)14-7-6-11-18(13-14)12-9-15-8-4-5-10-17(15)2/h14-15H,3-13H2,1-2H3/t14-,15?/m1/s1. The van der Waals surface area contributed by atoms with Gasteiger partial charge in [0, 0.05) is 12.6 Å². The van der Waals surface area contributed by atoms with Crippen molar-refractivity contribution in [2.45, 2.75) is 51.5 Å². The maximum atomic E-state index is 11.8. The van der Waals surface area contributed by atoms with Crippen molar-refractivity contribution in [2.75, 3.05) is 39.8 Å². The van der Waals surface area contributed by atoms with Crippen molar-refractivity contribution in [3.8, 4) is 0 Å². The molecule has 0 aromatic rings. The van der Waals surface area contributed by atoms with Crippen LogP contribution in [0, 0.1) is 5.92 Å². The van der Waals surface area contributed by atoms with Crippen molar-refractivity contribution in [3.63, 3.8) is 0 Å². The van der Waals surface area contributed by atoms with Gasteiger partial charge in [0.25, 0.3) is 0 Å². The lowest BCUT2D eigenvalue weighted by molar-refractivity contribution is -0.149. The minimum atomic E-state index is 0.00647. The Bertz CT molecular complexity index is 309. The Morgan fingerprint density at radius 2 is 2.05 bits per heavy atom. The highest BCUT2D eigenvalue weighted by Crippen LogP contribution is 2.21. The molecule has 0 aromatic heterocycles. The average molecular weight is 282 g/mol. The van der Waals surface area contributed by atoms with Crippen LogP contribution in [0.25, 0.3) is 0 Å². The molecule has 0 bridgehead atoms. The summed E-state index contributed by atoms with van der Waals surface area (Å²) >= 11 is 0. The van der Waals surface area contributed by atoms with E-state index in [0.29, 0.717) is 6.61 Å². The zero-order valence-corrected chi connectivity index (χ0v) is 13.1. The molecule has 4 heteroatoms. The molecule has 0 N–H and O–H groups in total. The van der Waals surface area contributed by atoms with E-state index < -0.39 is 0 Å². The number of rotatable bonds is 5. The number of carbonyl (C=O) groups excluding carboxylic acids is 1. The minimum absolute atomic E-state index is 0.00647. The van der Waals surface area contributed by atoms with Crippen molar-refractivity contribution in [3.05, 3.63) is 0 Å². The first-order valence-electron chi connectivity index (χ1n) is 8.30. The highest BCUT2D eigenvalue weighted by Gasteiger charge is 2.27. The molecule has 0 spiro atoms. The lowest BCUT2D eigenvalue weighted by atomic mass is 9.96. The fourth-order valence-corrected chi connectivity index (χ4v) is 3.55. The first-order valence-corrected chi connectivity index (χ1v) is 8.30. The van der Waals surface area contributed by atoms with E-state index in [9.17, 15) is 4.79 Å². The van der Waals surface area contributed by atoms with Crippen molar-refractivity contribution < 1.29 is 9.53 Å². The van der Waals surface area contributed by atoms with Gasteiger partial charge >= 0.3 is 5.97 Å². The third-order valence-corrected chi connectivity index (χ3v) is 4.83. The van der Waals surface area contributed by atoms with Crippen LogP contribution in [0.5, 0.6) is 0 Å². The second-order valence-electron chi connectivity index (χ2n) is 6.31. The van der Waals surface area contributed by atoms with Crippen LogP contribution in [-0.2, 0) is 9.53 Å². The summed E-state index contributed by atoms with van der Waals surface area (Å²) in [5, 5.41) is 0. The van der Waals surface area contributed by atoms with Gasteiger partial charge in [-0.1, -0.05) is 6.42 Å². The second kappa shape index (κ2) is 7.99. The van der Waals surface area contributed by atoms with Crippen molar-refractivity contribution in [1.82, 2.24) is 9.80 Å². The van der Waals surface area contributed by atoms with Gasteiger partial charge in [-0.15, -0.1) is 0 Å². The molecule has 2 heterocycles. The molecule has 20 heavy (non-hydrogen) atoms. The van der Waals surface area contributed by atoms with Gasteiger partial charge in [0.1, 0.15) is 0 Å². The largest absolute Gasteiger partial charge is 0.466 e. The van der Waals surface area contributed by atoms with E-state index >= 15 is 0 Å². The molecular weight excluding hydrogens is 252 g/mol. The number of hydrogen-bond donors (Lipinski definition) is 0. The Balaban J connectivity index is 1.73. The molecule has 0 aliphatic carbocycles. The van der Waals surface area contributed by atoms with E-state index in [-0.39, 0.29) is 11.9 Å². The van der Waals surface area contributed by atoms with E-state index in [1.165, 1.54) is 32.2 Å². The number of piperidine rings is 2. The lowest BCUT2D eigenvalue weighted by Crippen LogP contribution is -2.43. The van der Waals surface area contributed by atoms with E-state index in [1.807, 2.05) is 6.92 Å². The van der Waals surface area contributed by atoms with E-state index in [2.05, 4.69) is 16.8 Å². The zero-order chi connectivity index (χ0) is 14.4. The number of carbonyl (C=O) groups is 1. The van der Waals surface area contributed by atoms with E-state index in [4.69, 9.17) is 4.74 Å². The van der Waals surface area contributed by atoms with Crippen LogP contribution in [-0.4, -0.2) is 61.6 Å². The summed E-state index contributed by atoms with van der Waals surface area (Å²) in [5.74, 6) is 0.111. The number of ether oxygens (including phenoxy) is 1. The number of esters is 1. The van der Waals surface area contributed by atoms with E-state index in [1.54, 1.807) is 0 Å². The summed E-state index contributed by atoms with van der Waals surface area (Å²) in [5.41, 5.74) is 0. The second-order valence-corrected chi connectivity index (χ2v) is 6.31. The van der Waals surface area contributed by atoms with E-state index in [0.717, 1.165) is 38.5 Å². The van der Waals surface area contributed by atoms with Gasteiger partial charge in [-0.05, 0) is 65.7 Å². The SMILES string of the molecule is CCOC(=O)[C@@H]1CCCN(CCC2CCCCN2C)C1. The monoisotopic (exact) mass is 282 g/mol. The van der Waals surface area contributed by atoms with Crippen molar-refractivity contribution in [1.29, 1.82) is 0 Å². The Morgan fingerprint density at radius 1 is 1.20 bits per heavy atom. The predicted molar refractivity (Wildman–Crippen MR) is 80.7 cm³/mol. The highest BCUT2D eigenvalue weighted by molar-refractivity contribution is 5.72. The molecule has 2 saturated heterocycles. The van der Waals surface area contributed by atoms with Gasteiger partial charge in [0.2, 0.25) is 0 Å². The molecule has 2 atom stereocenters. The average Bonchev–Trinajstić information content (AvgIpc) is 2.47. The Hall–Kier alpha value is -0.610. The Kier molecular flexibility index (Phi) is 6.30. The fourth-order valence-electron chi connectivity index (χ4n) is 3.55. The van der Waals surface area contributed by atoms with Gasteiger partial charge in [0.15, 0.2) is 0 Å². The van der Waals surface area contributed by atoms with Crippen LogP contribution in [0.3, 0.4) is 0 Å². The van der Waals surface area contributed by atoms with Crippen LogP contribution >= 0.6 is 0 Å². The van der Waals surface area contributed by atoms with Crippen LogP contribution in [0.1, 0.15) is 45.4 Å². The van der Waals surface area contributed by atoms with Crippen LogP contribution < -0.4 is 0 Å². The summed E-state index contributed by atoms with van der Waals surface area (Å²) in [7, 11) is 2.25. The third-order valence-electron chi connectivity index (χ3n) is 4.83. The van der Waals surface area contributed by atoms with Crippen LogP contribution in [0.4, 0.5) is 0 Å². The number of likely N-dealkylation sites (tertiary alicyclic amines) is 2. The first kappa shape index (κ1) is 15.8. The quantitative estimate of drug-likeness (QED) is 0.723. The molecule has 0 amide bonds. The summed E-state index contributed by atoms with van der Waals surface area (Å²) < 4.78 is 5.17. The molecule has 116 valence electrons. The number of nitrogens with zero attached hydrogens (tertiary/aromatic N) is 2.